The Kier molecular flexibility index (Phi) is 3.96. The molecule has 1 heterocycles. The van der Waals surface area contributed by atoms with Crippen LogP contribution in [0.15, 0.2) is 12.7 Å². The van der Waals surface area contributed by atoms with Gasteiger partial charge in [0.15, 0.2) is 0 Å². The summed E-state index contributed by atoms with van der Waals surface area (Å²) in [5.41, 5.74) is 0. The molecule has 3 heteroatoms. The smallest absolute Gasteiger partial charge is 0.309 e. The summed E-state index contributed by atoms with van der Waals surface area (Å²) in [7, 11) is 0. The van der Waals surface area contributed by atoms with Crippen molar-refractivity contribution in [1.29, 1.82) is 0 Å². The highest BCUT2D eigenvalue weighted by Gasteiger charge is 2.22. The van der Waals surface area contributed by atoms with Crippen molar-refractivity contribution in [2.45, 2.75) is 25.9 Å². The van der Waals surface area contributed by atoms with Gasteiger partial charge in [-0.3, -0.25) is 4.79 Å². The van der Waals surface area contributed by atoms with Crippen LogP contribution in [0.3, 0.4) is 0 Å². The van der Waals surface area contributed by atoms with E-state index in [1.165, 1.54) is 0 Å². The fraction of sp³-hybridized carbons (Fsp3) is 0.700. The number of hydrogen-bond donors (Lipinski definition) is 0. The van der Waals surface area contributed by atoms with Gasteiger partial charge >= 0.3 is 5.97 Å². The van der Waals surface area contributed by atoms with Crippen LogP contribution in [0.2, 0.25) is 0 Å². The van der Waals surface area contributed by atoms with Crippen LogP contribution in [0.1, 0.15) is 19.8 Å². The van der Waals surface area contributed by atoms with Crippen LogP contribution >= 0.6 is 0 Å². The Labute approximate surface area is 78.7 Å². The van der Waals surface area contributed by atoms with Crippen LogP contribution in [-0.4, -0.2) is 25.3 Å². The van der Waals surface area contributed by atoms with Crippen LogP contribution < -0.4 is 0 Å². The predicted molar refractivity (Wildman–Crippen MR) is 49.3 cm³/mol. The molecule has 0 aromatic carbocycles. The number of rotatable bonds is 2. The minimum Gasteiger partial charge on any atom is -0.463 e. The first kappa shape index (κ1) is 10.3. The Morgan fingerprint density at radius 2 is 2.46 bits per heavy atom. The predicted octanol–water partition coefficient (Wildman–Crippen LogP) is 1.53. The zero-order chi connectivity index (χ0) is 9.68. The average Bonchev–Trinajstić information content (AvgIpc) is 2.11. The van der Waals surface area contributed by atoms with E-state index in [9.17, 15) is 4.79 Å². The Balaban J connectivity index is 2.46. The number of carbonyl (C=O) groups is 1. The minimum absolute atomic E-state index is 0.0219. The van der Waals surface area contributed by atoms with Crippen LogP contribution in [0.5, 0.6) is 0 Å². The Bertz CT molecular complexity index is 189. The summed E-state index contributed by atoms with van der Waals surface area (Å²) < 4.78 is 10.4. The van der Waals surface area contributed by atoms with Crippen molar-refractivity contribution in [3.8, 4) is 0 Å². The van der Waals surface area contributed by atoms with Gasteiger partial charge in [0.25, 0.3) is 0 Å². The van der Waals surface area contributed by atoms with Crippen molar-refractivity contribution in [3.05, 3.63) is 12.7 Å². The fourth-order valence-electron chi connectivity index (χ4n) is 1.31. The standard InChI is InChI=1S/C10H16O3/c1-3-4-9-5-6-12-8(2)7-13-10(9)11/h3,8-9H,1,4-7H2,2H3. The van der Waals surface area contributed by atoms with Gasteiger partial charge in [-0.15, -0.1) is 6.58 Å². The number of ether oxygens (including phenoxy) is 2. The second-order valence-electron chi connectivity index (χ2n) is 3.32. The van der Waals surface area contributed by atoms with Gasteiger partial charge in [-0.25, -0.2) is 0 Å². The van der Waals surface area contributed by atoms with E-state index in [4.69, 9.17) is 9.47 Å². The van der Waals surface area contributed by atoms with Gasteiger partial charge in [0, 0.05) is 6.61 Å². The lowest BCUT2D eigenvalue weighted by molar-refractivity contribution is -0.157. The second-order valence-corrected chi connectivity index (χ2v) is 3.32. The van der Waals surface area contributed by atoms with Crippen molar-refractivity contribution in [2.75, 3.05) is 13.2 Å². The summed E-state index contributed by atoms with van der Waals surface area (Å²) in [6.07, 6.45) is 3.18. The van der Waals surface area contributed by atoms with Crippen molar-refractivity contribution in [1.82, 2.24) is 0 Å². The zero-order valence-corrected chi connectivity index (χ0v) is 7.99. The first-order valence-corrected chi connectivity index (χ1v) is 4.63. The summed E-state index contributed by atoms with van der Waals surface area (Å²) in [6, 6.07) is 0. The van der Waals surface area contributed by atoms with E-state index in [-0.39, 0.29) is 18.0 Å². The topological polar surface area (TPSA) is 35.5 Å². The summed E-state index contributed by atoms with van der Waals surface area (Å²) in [5, 5.41) is 0. The van der Waals surface area contributed by atoms with Crippen LogP contribution in [0.25, 0.3) is 0 Å². The number of carbonyl (C=O) groups excluding carboxylic acids is 1. The Morgan fingerprint density at radius 3 is 3.15 bits per heavy atom. The molecule has 0 spiro atoms. The Hall–Kier alpha value is -0.830. The number of allylic oxidation sites excluding steroid dienone is 1. The lowest BCUT2D eigenvalue weighted by atomic mass is 10.0. The molecule has 2 unspecified atom stereocenters. The Morgan fingerprint density at radius 1 is 1.69 bits per heavy atom. The number of hydrogen-bond acceptors (Lipinski definition) is 3. The fourth-order valence-corrected chi connectivity index (χ4v) is 1.31. The minimum atomic E-state index is -0.116. The molecule has 0 aromatic rings. The molecule has 0 aliphatic carbocycles. The van der Waals surface area contributed by atoms with E-state index in [0.29, 0.717) is 19.6 Å². The van der Waals surface area contributed by atoms with Crippen molar-refractivity contribution >= 4 is 5.97 Å². The second kappa shape index (κ2) is 5.02. The van der Waals surface area contributed by atoms with Crippen LogP contribution in [0.4, 0.5) is 0 Å². The molecule has 1 aliphatic heterocycles. The largest absolute Gasteiger partial charge is 0.463 e. The molecule has 13 heavy (non-hydrogen) atoms. The monoisotopic (exact) mass is 184 g/mol. The molecule has 1 saturated heterocycles. The number of cyclic esters (lactones) is 1. The third kappa shape index (κ3) is 3.19. The van der Waals surface area contributed by atoms with Gasteiger partial charge in [-0.1, -0.05) is 6.08 Å². The third-order valence-corrected chi connectivity index (χ3v) is 2.11. The molecule has 3 nitrogen and oxygen atoms in total. The van der Waals surface area contributed by atoms with Crippen LogP contribution in [0, 0.1) is 5.92 Å². The first-order chi connectivity index (χ1) is 6.24. The maximum Gasteiger partial charge on any atom is 0.309 e. The van der Waals surface area contributed by atoms with E-state index in [2.05, 4.69) is 6.58 Å². The van der Waals surface area contributed by atoms with Crippen molar-refractivity contribution in [2.24, 2.45) is 5.92 Å². The highest BCUT2D eigenvalue weighted by molar-refractivity contribution is 5.72. The highest BCUT2D eigenvalue weighted by atomic mass is 16.6. The normalized spacial score (nSPS) is 30.1. The molecule has 0 aromatic heterocycles. The first-order valence-electron chi connectivity index (χ1n) is 4.63. The van der Waals surface area contributed by atoms with Crippen LogP contribution in [-0.2, 0) is 14.3 Å². The van der Waals surface area contributed by atoms with Gasteiger partial charge < -0.3 is 9.47 Å². The quantitative estimate of drug-likeness (QED) is 0.482. The molecule has 0 bridgehead atoms. The zero-order valence-electron chi connectivity index (χ0n) is 7.99. The molecule has 1 fully saturated rings. The van der Waals surface area contributed by atoms with Gasteiger partial charge in [0.05, 0.1) is 12.0 Å². The van der Waals surface area contributed by atoms with Crippen molar-refractivity contribution < 1.29 is 14.3 Å². The van der Waals surface area contributed by atoms with E-state index in [1.807, 2.05) is 6.92 Å². The molecule has 2 atom stereocenters. The average molecular weight is 184 g/mol. The molecule has 0 amide bonds. The molecule has 1 aliphatic rings. The number of esters is 1. The third-order valence-electron chi connectivity index (χ3n) is 2.11. The van der Waals surface area contributed by atoms with Crippen molar-refractivity contribution in [3.63, 3.8) is 0 Å². The molecule has 0 saturated carbocycles. The molecular weight excluding hydrogens is 168 g/mol. The summed E-state index contributed by atoms with van der Waals surface area (Å²) in [4.78, 5) is 11.4. The maximum atomic E-state index is 11.4. The van der Waals surface area contributed by atoms with E-state index in [0.717, 1.165) is 6.42 Å². The maximum absolute atomic E-state index is 11.4. The molecule has 1 rings (SSSR count). The summed E-state index contributed by atoms with van der Waals surface area (Å²) >= 11 is 0. The molecular formula is C10H16O3. The SMILES string of the molecule is C=CCC1CCOC(C)COC1=O. The summed E-state index contributed by atoms with van der Waals surface area (Å²) in [5.74, 6) is -0.181. The molecule has 74 valence electrons. The molecule has 0 N–H and O–H groups in total. The lowest BCUT2D eigenvalue weighted by Gasteiger charge is -2.21. The van der Waals surface area contributed by atoms with Gasteiger partial charge in [-0.2, -0.15) is 0 Å². The van der Waals surface area contributed by atoms with E-state index < -0.39 is 0 Å². The van der Waals surface area contributed by atoms with Gasteiger partial charge in [-0.05, 0) is 19.8 Å². The lowest BCUT2D eigenvalue weighted by Crippen LogP contribution is -2.28. The summed E-state index contributed by atoms with van der Waals surface area (Å²) in [6.45, 7) is 6.51. The molecule has 0 radical (unpaired) electrons. The highest BCUT2D eigenvalue weighted by Crippen LogP contribution is 2.15. The van der Waals surface area contributed by atoms with Gasteiger partial charge in [0.1, 0.15) is 6.61 Å². The van der Waals surface area contributed by atoms with Gasteiger partial charge in [0.2, 0.25) is 0 Å². The van der Waals surface area contributed by atoms with E-state index in [1.54, 1.807) is 6.08 Å². The van der Waals surface area contributed by atoms with E-state index >= 15 is 0 Å².